The van der Waals surface area contributed by atoms with Gasteiger partial charge in [0.15, 0.2) is 0 Å². The Hall–Kier alpha value is -1.39. The molecule has 1 aromatic carbocycles. The van der Waals surface area contributed by atoms with Crippen LogP contribution in [0, 0.1) is 6.92 Å². The van der Waals surface area contributed by atoms with Crippen molar-refractivity contribution < 1.29 is 0 Å². The predicted octanol–water partition coefficient (Wildman–Crippen LogP) is 3.42. The highest BCUT2D eigenvalue weighted by atomic mass is 32.1. The molecule has 0 aliphatic carbocycles. The van der Waals surface area contributed by atoms with Gasteiger partial charge in [0.25, 0.3) is 0 Å². The van der Waals surface area contributed by atoms with Crippen LogP contribution in [0.25, 0.3) is 0 Å². The topological polar surface area (TPSA) is 42.1 Å². The van der Waals surface area contributed by atoms with Crippen LogP contribution in [0.1, 0.15) is 41.2 Å². The first-order valence-electron chi connectivity index (χ1n) is 7.18. The third kappa shape index (κ3) is 2.72. The number of nitrogens with zero attached hydrogens (tertiary/aromatic N) is 2. The molecule has 0 fully saturated rings. The van der Waals surface area contributed by atoms with E-state index in [1.54, 1.807) is 11.3 Å². The highest BCUT2D eigenvalue weighted by Crippen LogP contribution is 2.29. The first-order chi connectivity index (χ1) is 9.63. The van der Waals surface area contributed by atoms with E-state index in [-0.39, 0.29) is 6.04 Å². The van der Waals surface area contributed by atoms with E-state index in [0.717, 1.165) is 23.8 Å². The van der Waals surface area contributed by atoms with Crippen molar-refractivity contribution in [3.63, 3.8) is 0 Å². The zero-order chi connectivity index (χ0) is 14.1. The molecule has 1 aromatic heterocycles. The fourth-order valence-electron chi connectivity index (χ4n) is 2.77. The Balaban J connectivity index is 1.82. The van der Waals surface area contributed by atoms with Gasteiger partial charge in [-0.3, -0.25) is 0 Å². The summed E-state index contributed by atoms with van der Waals surface area (Å²) < 4.78 is 0. The molecule has 0 saturated carbocycles. The van der Waals surface area contributed by atoms with Gasteiger partial charge in [0.1, 0.15) is 5.01 Å². The number of anilines is 1. The maximum absolute atomic E-state index is 5.89. The van der Waals surface area contributed by atoms with Gasteiger partial charge >= 0.3 is 0 Å². The van der Waals surface area contributed by atoms with Crippen molar-refractivity contribution in [2.45, 2.75) is 39.3 Å². The average Bonchev–Trinajstić information content (AvgIpc) is 2.87. The van der Waals surface area contributed by atoms with E-state index < -0.39 is 0 Å². The number of hydrogen-bond donors (Lipinski definition) is 1. The smallest absolute Gasteiger partial charge is 0.109 e. The number of aryl methyl sites for hydroxylation is 2. The van der Waals surface area contributed by atoms with E-state index in [0.29, 0.717) is 0 Å². The fraction of sp³-hybridized carbons (Fsp3) is 0.438. The first kappa shape index (κ1) is 13.6. The van der Waals surface area contributed by atoms with Crippen LogP contribution in [-0.2, 0) is 13.0 Å². The van der Waals surface area contributed by atoms with E-state index in [1.165, 1.54) is 29.7 Å². The molecule has 0 amide bonds. The Morgan fingerprint density at radius 2 is 2.30 bits per heavy atom. The van der Waals surface area contributed by atoms with Gasteiger partial charge in [-0.15, -0.1) is 11.3 Å². The molecule has 2 heterocycles. The molecule has 1 unspecified atom stereocenters. The standard InChI is InChI=1S/C16H21N3S/c1-11-5-6-15-13(8-11)4-3-7-19(15)9-14-10-20-16(18-14)12(2)17/h5-6,8,10,12H,3-4,7,9,17H2,1-2H3. The van der Waals surface area contributed by atoms with Crippen molar-refractivity contribution in [1.29, 1.82) is 0 Å². The Morgan fingerprint density at radius 1 is 1.45 bits per heavy atom. The van der Waals surface area contributed by atoms with Crippen LogP contribution < -0.4 is 10.6 Å². The van der Waals surface area contributed by atoms with E-state index in [2.05, 4.69) is 40.4 Å². The fourth-order valence-corrected chi connectivity index (χ4v) is 3.54. The summed E-state index contributed by atoms with van der Waals surface area (Å²) in [5.74, 6) is 0. The minimum absolute atomic E-state index is 0.0324. The van der Waals surface area contributed by atoms with Crippen molar-refractivity contribution in [3.05, 3.63) is 45.4 Å². The van der Waals surface area contributed by atoms with E-state index >= 15 is 0 Å². The summed E-state index contributed by atoms with van der Waals surface area (Å²) in [4.78, 5) is 7.09. The molecule has 20 heavy (non-hydrogen) atoms. The molecule has 0 radical (unpaired) electrons. The van der Waals surface area contributed by atoms with Crippen molar-refractivity contribution >= 4 is 17.0 Å². The molecule has 0 bridgehead atoms. The molecule has 0 saturated heterocycles. The largest absolute Gasteiger partial charge is 0.365 e. The number of thiazole rings is 1. The van der Waals surface area contributed by atoms with Crippen LogP contribution in [0.3, 0.4) is 0 Å². The molecule has 2 N–H and O–H groups in total. The second-order valence-electron chi connectivity index (χ2n) is 5.62. The third-order valence-electron chi connectivity index (χ3n) is 3.76. The number of hydrogen-bond acceptors (Lipinski definition) is 4. The second kappa shape index (κ2) is 5.54. The molecular formula is C16H21N3S. The first-order valence-corrected chi connectivity index (χ1v) is 8.06. The molecule has 3 rings (SSSR count). The highest BCUT2D eigenvalue weighted by Gasteiger charge is 2.18. The molecule has 3 nitrogen and oxygen atoms in total. The quantitative estimate of drug-likeness (QED) is 0.940. The van der Waals surface area contributed by atoms with E-state index in [1.807, 2.05) is 6.92 Å². The summed E-state index contributed by atoms with van der Waals surface area (Å²) in [5, 5.41) is 3.17. The SMILES string of the molecule is Cc1ccc2c(c1)CCCN2Cc1csc(C(C)N)n1. The summed E-state index contributed by atoms with van der Waals surface area (Å²) >= 11 is 1.67. The predicted molar refractivity (Wildman–Crippen MR) is 85.3 cm³/mol. The zero-order valence-electron chi connectivity index (χ0n) is 12.1. The number of aromatic nitrogens is 1. The lowest BCUT2D eigenvalue weighted by molar-refractivity contribution is 0.681. The molecule has 1 atom stereocenters. The third-order valence-corrected chi connectivity index (χ3v) is 4.86. The van der Waals surface area contributed by atoms with Crippen molar-refractivity contribution in [2.75, 3.05) is 11.4 Å². The van der Waals surface area contributed by atoms with E-state index in [9.17, 15) is 0 Å². The van der Waals surface area contributed by atoms with Gasteiger partial charge in [-0.05, 0) is 38.3 Å². The molecule has 1 aliphatic rings. The van der Waals surface area contributed by atoms with Crippen LogP contribution in [0.5, 0.6) is 0 Å². The molecule has 2 aromatic rings. The molecular weight excluding hydrogens is 266 g/mol. The molecule has 4 heteroatoms. The van der Waals surface area contributed by atoms with Gasteiger partial charge in [-0.1, -0.05) is 17.7 Å². The highest BCUT2D eigenvalue weighted by molar-refractivity contribution is 7.09. The number of benzene rings is 1. The van der Waals surface area contributed by atoms with Crippen LogP contribution in [-0.4, -0.2) is 11.5 Å². The Kier molecular flexibility index (Phi) is 3.76. The van der Waals surface area contributed by atoms with Gasteiger partial charge in [-0.25, -0.2) is 4.98 Å². The number of nitrogens with two attached hydrogens (primary N) is 1. The van der Waals surface area contributed by atoms with Crippen molar-refractivity contribution in [2.24, 2.45) is 5.73 Å². The molecule has 106 valence electrons. The monoisotopic (exact) mass is 287 g/mol. The Labute approximate surface area is 124 Å². The number of fused-ring (bicyclic) bond motifs is 1. The minimum atomic E-state index is 0.0324. The van der Waals surface area contributed by atoms with E-state index in [4.69, 9.17) is 5.73 Å². The van der Waals surface area contributed by atoms with Gasteiger partial charge in [0.2, 0.25) is 0 Å². The second-order valence-corrected chi connectivity index (χ2v) is 6.51. The molecule has 1 aliphatic heterocycles. The summed E-state index contributed by atoms with van der Waals surface area (Å²) in [5.41, 5.74) is 11.2. The van der Waals surface area contributed by atoms with Gasteiger partial charge in [0.05, 0.1) is 18.3 Å². The maximum Gasteiger partial charge on any atom is 0.109 e. The zero-order valence-corrected chi connectivity index (χ0v) is 12.9. The van der Waals surface area contributed by atoms with Crippen LogP contribution in [0.2, 0.25) is 0 Å². The Bertz CT molecular complexity index is 604. The lowest BCUT2D eigenvalue weighted by Gasteiger charge is -2.31. The lowest BCUT2D eigenvalue weighted by Crippen LogP contribution is -2.29. The summed E-state index contributed by atoms with van der Waals surface area (Å²) in [6.07, 6.45) is 2.41. The van der Waals surface area contributed by atoms with Crippen molar-refractivity contribution in [1.82, 2.24) is 4.98 Å². The van der Waals surface area contributed by atoms with Gasteiger partial charge in [0, 0.05) is 17.6 Å². The van der Waals surface area contributed by atoms with Crippen LogP contribution in [0.15, 0.2) is 23.6 Å². The molecule has 0 spiro atoms. The average molecular weight is 287 g/mol. The lowest BCUT2D eigenvalue weighted by atomic mass is 9.99. The van der Waals surface area contributed by atoms with Crippen LogP contribution in [0.4, 0.5) is 5.69 Å². The van der Waals surface area contributed by atoms with Crippen molar-refractivity contribution in [3.8, 4) is 0 Å². The summed E-state index contributed by atoms with van der Waals surface area (Å²) in [7, 11) is 0. The van der Waals surface area contributed by atoms with Crippen LogP contribution >= 0.6 is 11.3 Å². The maximum atomic E-state index is 5.89. The number of rotatable bonds is 3. The normalized spacial score (nSPS) is 16.1. The summed E-state index contributed by atoms with van der Waals surface area (Å²) in [6, 6.07) is 6.80. The van der Waals surface area contributed by atoms with Gasteiger partial charge in [-0.2, -0.15) is 0 Å². The summed E-state index contributed by atoms with van der Waals surface area (Å²) in [6.45, 7) is 6.15. The Morgan fingerprint density at radius 3 is 3.05 bits per heavy atom. The van der Waals surface area contributed by atoms with Gasteiger partial charge < -0.3 is 10.6 Å². The minimum Gasteiger partial charge on any atom is -0.365 e.